The van der Waals surface area contributed by atoms with Crippen molar-refractivity contribution in [2.24, 2.45) is 0 Å². The van der Waals surface area contributed by atoms with Crippen LogP contribution in [0.1, 0.15) is 29.3 Å². The van der Waals surface area contributed by atoms with E-state index in [1.807, 2.05) is 30.1 Å². The van der Waals surface area contributed by atoms with Crippen molar-refractivity contribution < 1.29 is 4.79 Å². The van der Waals surface area contributed by atoms with E-state index in [2.05, 4.69) is 23.2 Å². The Kier molecular flexibility index (Phi) is 6.21. The van der Waals surface area contributed by atoms with Gasteiger partial charge in [0.1, 0.15) is 0 Å². The molecule has 0 atom stereocenters. The van der Waals surface area contributed by atoms with Crippen LogP contribution in [-0.2, 0) is 6.42 Å². The van der Waals surface area contributed by atoms with E-state index in [1.165, 1.54) is 6.42 Å². The highest BCUT2D eigenvalue weighted by Gasteiger charge is 2.22. The Morgan fingerprint density at radius 1 is 1.19 bits per heavy atom. The predicted octanol–water partition coefficient (Wildman–Crippen LogP) is 1.62. The Balaban J connectivity index is 2.00. The minimum absolute atomic E-state index is 0.192. The lowest BCUT2D eigenvalue weighted by Crippen LogP contribution is -2.48. The van der Waals surface area contributed by atoms with E-state index in [-0.39, 0.29) is 5.91 Å². The van der Waals surface area contributed by atoms with E-state index >= 15 is 0 Å². The van der Waals surface area contributed by atoms with Crippen molar-refractivity contribution in [3.63, 3.8) is 0 Å². The molecule has 1 saturated heterocycles. The molecule has 1 aliphatic rings. The van der Waals surface area contributed by atoms with Crippen LogP contribution in [0.3, 0.4) is 0 Å². The molecule has 21 heavy (non-hydrogen) atoms. The van der Waals surface area contributed by atoms with Crippen molar-refractivity contribution in [3.05, 3.63) is 35.4 Å². The lowest BCUT2D eigenvalue weighted by molar-refractivity contribution is 0.0636. The van der Waals surface area contributed by atoms with Gasteiger partial charge in [-0.15, -0.1) is 0 Å². The molecule has 0 spiro atoms. The summed E-state index contributed by atoms with van der Waals surface area (Å²) in [5.74, 6) is 0.192. The Hall–Kier alpha value is -1.39. The SMILES string of the molecule is CCCN1CCN(C(=O)c2ccccc2CCNC)CC1. The molecule has 0 radical (unpaired) electrons. The molecule has 1 heterocycles. The second kappa shape index (κ2) is 8.15. The van der Waals surface area contributed by atoms with Gasteiger partial charge in [0.15, 0.2) is 0 Å². The summed E-state index contributed by atoms with van der Waals surface area (Å²) < 4.78 is 0. The Bertz CT molecular complexity index is 453. The number of hydrogen-bond donors (Lipinski definition) is 1. The van der Waals surface area contributed by atoms with Crippen molar-refractivity contribution in [2.45, 2.75) is 19.8 Å². The van der Waals surface area contributed by atoms with Gasteiger partial charge >= 0.3 is 0 Å². The van der Waals surface area contributed by atoms with Crippen LogP contribution in [0.2, 0.25) is 0 Å². The first kappa shape index (κ1) is 16.0. The van der Waals surface area contributed by atoms with Crippen molar-refractivity contribution in [1.29, 1.82) is 0 Å². The molecule has 0 aliphatic carbocycles. The summed E-state index contributed by atoms with van der Waals surface area (Å²) in [6, 6.07) is 8.01. The lowest BCUT2D eigenvalue weighted by atomic mass is 10.0. The quantitative estimate of drug-likeness (QED) is 0.864. The number of likely N-dealkylation sites (N-methyl/N-ethyl adjacent to an activating group) is 1. The third-order valence-corrected chi connectivity index (χ3v) is 4.09. The average molecular weight is 289 g/mol. The van der Waals surface area contributed by atoms with Crippen molar-refractivity contribution in [1.82, 2.24) is 15.1 Å². The summed E-state index contributed by atoms with van der Waals surface area (Å²) in [5, 5.41) is 3.15. The fraction of sp³-hybridized carbons (Fsp3) is 0.588. The number of hydrogen-bond acceptors (Lipinski definition) is 3. The molecule has 116 valence electrons. The Morgan fingerprint density at radius 2 is 1.90 bits per heavy atom. The second-order valence-corrected chi connectivity index (χ2v) is 5.64. The van der Waals surface area contributed by atoms with Crippen molar-refractivity contribution in [3.8, 4) is 0 Å². The standard InChI is InChI=1S/C17H27N3O/c1-3-10-19-11-13-20(14-12-19)17(21)16-7-5-4-6-15(16)8-9-18-2/h4-7,18H,3,8-14H2,1-2H3. The first-order chi connectivity index (χ1) is 10.3. The Morgan fingerprint density at radius 3 is 2.57 bits per heavy atom. The maximum Gasteiger partial charge on any atom is 0.254 e. The van der Waals surface area contributed by atoms with Gasteiger partial charge < -0.3 is 10.2 Å². The zero-order valence-electron chi connectivity index (χ0n) is 13.3. The minimum Gasteiger partial charge on any atom is -0.336 e. The fourth-order valence-corrected chi connectivity index (χ4v) is 2.87. The molecule has 4 nitrogen and oxygen atoms in total. The fourth-order valence-electron chi connectivity index (χ4n) is 2.87. The van der Waals surface area contributed by atoms with E-state index in [0.29, 0.717) is 0 Å². The molecule has 1 N–H and O–H groups in total. The predicted molar refractivity (Wildman–Crippen MR) is 86.7 cm³/mol. The molecule has 2 rings (SSSR count). The average Bonchev–Trinajstić information content (AvgIpc) is 2.53. The van der Waals surface area contributed by atoms with Crippen LogP contribution in [0, 0.1) is 0 Å². The van der Waals surface area contributed by atoms with E-state index < -0.39 is 0 Å². The van der Waals surface area contributed by atoms with Crippen LogP contribution in [0.4, 0.5) is 0 Å². The third kappa shape index (κ3) is 4.29. The number of nitrogens with zero attached hydrogens (tertiary/aromatic N) is 2. The van der Waals surface area contributed by atoms with Gasteiger partial charge in [0.2, 0.25) is 0 Å². The van der Waals surface area contributed by atoms with Gasteiger partial charge in [0.25, 0.3) is 5.91 Å². The molecule has 0 bridgehead atoms. The Labute approximate surface area is 128 Å². The zero-order valence-corrected chi connectivity index (χ0v) is 13.3. The molecule has 4 heteroatoms. The van der Waals surface area contributed by atoms with E-state index in [4.69, 9.17) is 0 Å². The topological polar surface area (TPSA) is 35.6 Å². The molecular weight excluding hydrogens is 262 g/mol. The summed E-state index contributed by atoms with van der Waals surface area (Å²) in [5.41, 5.74) is 2.02. The van der Waals surface area contributed by atoms with Crippen molar-refractivity contribution >= 4 is 5.91 Å². The monoisotopic (exact) mass is 289 g/mol. The zero-order chi connectivity index (χ0) is 15.1. The summed E-state index contributed by atoms with van der Waals surface area (Å²) in [6.07, 6.45) is 2.08. The maximum atomic E-state index is 12.7. The molecule has 1 amide bonds. The molecule has 1 aromatic carbocycles. The normalized spacial score (nSPS) is 16.2. The van der Waals surface area contributed by atoms with Crippen molar-refractivity contribution in [2.75, 3.05) is 46.3 Å². The number of rotatable bonds is 6. The summed E-state index contributed by atoms with van der Waals surface area (Å²) in [7, 11) is 1.94. The molecule has 1 fully saturated rings. The maximum absolute atomic E-state index is 12.7. The largest absolute Gasteiger partial charge is 0.336 e. The van der Waals surface area contributed by atoms with Gasteiger partial charge in [-0.2, -0.15) is 0 Å². The van der Waals surface area contributed by atoms with Crippen LogP contribution in [0.5, 0.6) is 0 Å². The molecule has 0 saturated carbocycles. The first-order valence-corrected chi connectivity index (χ1v) is 8.00. The van der Waals surface area contributed by atoms with Gasteiger partial charge in [-0.05, 0) is 44.6 Å². The second-order valence-electron chi connectivity index (χ2n) is 5.64. The summed E-state index contributed by atoms with van der Waals surface area (Å²) in [4.78, 5) is 17.2. The number of benzene rings is 1. The van der Waals surface area contributed by atoms with Gasteiger partial charge in [-0.1, -0.05) is 25.1 Å². The lowest BCUT2D eigenvalue weighted by Gasteiger charge is -2.34. The molecular formula is C17H27N3O. The smallest absolute Gasteiger partial charge is 0.254 e. The summed E-state index contributed by atoms with van der Waals surface area (Å²) in [6.45, 7) is 7.93. The molecule has 1 aliphatic heterocycles. The molecule has 0 aromatic heterocycles. The van der Waals surface area contributed by atoms with Crippen LogP contribution in [0.15, 0.2) is 24.3 Å². The van der Waals surface area contributed by atoms with Gasteiger partial charge in [0.05, 0.1) is 0 Å². The molecule has 0 unspecified atom stereocenters. The van der Waals surface area contributed by atoms with Gasteiger partial charge in [-0.3, -0.25) is 9.69 Å². The minimum atomic E-state index is 0.192. The highest BCUT2D eigenvalue weighted by molar-refractivity contribution is 5.95. The van der Waals surface area contributed by atoms with Crippen LogP contribution >= 0.6 is 0 Å². The van der Waals surface area contributed by atoms with Crippen LogP contribution < -0.4 is 5.32 Å². The number of carbonyl (C=O) groups is 1. The van der Waals surface area contributed by atoms with Crippen LogP contribution in [0.25, 0.3) is 0 Å². The number of nitrogens with one attached hydrogen (secondary N) is 1. The highest BCUT2D eigenvalue weighted by Crippen LogP contribution is 2.14. The van der Waals surface area contributed by atoms with Gasteiger partial charge in [-0.25, -0.2) is 0 Å². The van der Waals surface area contributed by atoms with Crippen LogP contribution in [-0.4, -0.2) is 62.0 Å². The molecule has 1 aromatic rings. The number of amides is 1. The van der Waals surface area contributed by atoms with E-state index in [0.717, 1.165) is 56.8 Å². The van der Waals surface area contributed by atoms with Gasteiger partial charge in [0, 0.05) is 31.7 Å². The number of piperazine rings is 1. The van der Waals surface area contributed by atoms with E-state index in [9.17, 15) is 4.79 Å². The highest BCUT2D eigenvalue weighted by atomic mass is 16.2. The first-order valence-electron chi connectivity index (χ1n) is 8.00. The third-order valence-electron chi connectivity index (χ3n) is 4.09. The summed E-state index contributed by atoms with van der Waals surface area (Å²) >= 11 is 0. The number of carbonyl (C=O) groups excluding carboxylic acids is 1. The van der Waals surface area contributed by atoms with E-state index in [1.54, 1.807) is 0 Å².